The number of phenols is 1. The zero-order chi connectivity index (χ0) is 23.8. The summed E-state index contributed by atoms with van der Waals surface area (Å²) in [4.78, 5) is 18.5. The maximum atomic E-state index is 14.1. The molecule has 5 heteroatoms. The highest BCUT2D eigenvalue weighted by Gasteiger charge is 2.58. The molecule has 4 aliphatic rings. The molecule has 3 aliphatic heterocycles. The van der Waals surface area contributed by atoms with Gasteiger partial charge in [0.05, 0.1) is 0 Å². The van der Waals surface area contributed by atoms with Gasteiger partial charge in [-0.25, -0.2) is 9.18 Å². The van der Waals surface area contributed by atoms with E-state index in [-0.39, 0.29) is 40.8 Å². The van der Waals surface area contributed by atoms with Crippen LogP contribution in [0.25, 0.3) is 0 Å². The van der Waals surface area contributed by atoms with Crippen LogP contribution in [0.15, 0.2) is 42.5 Å². The van der Waals surface area contributed by atoms with E-state index in [2.05, 4.69) is 36.6 Å². The van der Waals surface area contributed by atoms with Crippen LogP contribution in [0.5, 0.6) is 5.75 Å². The average molecular weight is 463 g/mol. The molecule has 1 unspecified atom stereocenters. The number of likely N-dealkylation sites (tertiary alicyclic amines) is 1. The maximum Gasteiger partial charge on any atom is 0.320 e. The fourth-order valence-electron chi connectivity index (χ4n) is 7.80. The Morgan fingerprint density at radius 3 is 2.38 bits per heavy atom. The number of carbonyl (C=O) groups is 1. The summed E-state index contributed by atoms with van der Waals surface area (Å²) in [6.07, 6.45) is 5.63. The van der Waals surface area contributed by atoms with Crippen molar-refractivity contribution < 1.29 is 14.3 Å². The standard InChI is InChI=1S/C29H35FN2O2/c1-28(2)26-17-23-24(5-4-6-25(23)33)29(28,3)13-14-31(26)27(34)32-21-11-12-22(32)16-19(15-21)18-7-9-20(30)10-8-18/h4-10,19,21-22,26,33H,11-17H2,1-3H3/t19?,21-,22+,26-,29+/m1/s1. The first-order valence-electron chi connectivity index (χ1n) is 12.9. The molecule has 0 saturated carbocycles. The van der Waals surface area contributed by atoms with Crippen LogP contribution in [-0.4, -0.2) is 45.6 Å². The number of hydrogen-bond acceptors (Lipinski definition) is 2. The van der Waals surface area contributed by atoms with E-state index in [1.54, 1.807) is 18.2 Å². The summed E-state index contributed by atoms with van der Waals surface area (Å²) in [5, 5.41) is 10.7. The molecule has 3 saturated heterocycles. The first-order valence-corrected chi connectivity index (χ1v) is 12.9. The lowest BCUT2D eigenvalue weighted by Crippen LogP contribution is -2.67. The Balaban J connectivity index is 1.28. The largest absolute Gasteiger partial charge is 0.508 e. The van der Waals surface area contributed by atoms with Gasteiger partial charge in [0.15, 0.2) is 0 Å². The Bertz CT molecular complexity index is 1120. The Hall–Kier alpha value is -2.56. The molecule has 2 aromatic carbocycles. The molecule has 2 aromatic rings. The number of aromatic hydroxyl groups is 1. The maximum absolute atomic E-state index is 14.1. The zero-order valence-electron chi connectivity index (χ0n) is 20.4. The molecule has 0 aromatic heterocycles. The van der Waals surface area contributed by atoms with Crippen LogP contribution >= 0.6 is 0 Å². The van der Waals surface area contributed by atoms with Crippen molar-refractivity contribution in [3.8, 4) is 5.75 Å². The lowest BCUT2D eigenvalue weighted by Gasteiger charge is -2.61. The summed E-state index contributed by atoms with van der Waals surface area (Å²) in [6.45, 7) is 7.69. The molecule has 4 nitrogen and oxygen atoms in total. The summed E-state index contributed by atoms with van der Waals surface area (Å²) in [7, 11) is 0. The Morgan fingerprint density at radius 2 is 1.71 bits per heavy atom. The number of nitrogens with zero attached hydrogens (tertiary/aromatic N) is 2. The number of halogens is 1. The van der Waals surface area contributed by atoms with Gasteiger partial charge in [-0.15, -0.1) is 0 Å². The number of benzene rings is 2. The SMILES string of the molecule is CC1(C)[C@H]2Cc3c(O)cccc3[C@]1(C)CCN2C(=O)N1[C@@H]2CC[C@H]1CC(c1ccc(F)cc1)C2. The lowest BCUT2D eigenvalue weighted by atomic mass is 9.51. The lowest BCUT2D eigenvalue weighted by molar-refractivity contribution is -0.0292. The third kappa shape index (κ3) is 2.98. The van der Waals surface area contributed by atoms with E-state index >= 15 is 0 Å². The van der Waals surface area contributed by atoms with Gasteiger partial charge in [0, 0.05) is 30.1 Å². The molecule has 0 spiro atoms. The molecule has 1 N–H and O–H groups in total. The van der Waals surface area contributed by atoms with E-state index in [0.717, 1.165) is 44.2 Å². The predicted octanol–water partition coefficient (Wildman–Crippen LogP) is 5.98. The number of urea groups is 1. The van der Waals surface area contributed by atoms with Crippen molar-refractivity contribution in [2.24, 2.45) is 5.41 Å². The molecule has 5 atom stereocenters. The zero-order valence-corrected chi connectivity index (χ0v) is 20.4. The van der Waals surface area contributed by atoms with Gasteiger partial charge < -0.3 is 14.9 Å². The highest BCUT2D eigenvalue weighted by Crippen LogP contribution is 2.57. The first kappa shape index (κ1) is 21.9. The van der Waals surface area contributed by atoms with Crippen LogP contribution in [0.4, 0.5) is 9.18 Å². The van der Waals surface area contributed by atoms with Crippen molar-refractivity contribution in [2.75, 3.05) is 6.54 Å². The third-order valence-electron chi connectivity index (χ3n) is 10.2. The number of hydrogen-bond donors (Lipinski definition) is 1. The summed E-state index contributed by atoms with van der Waals surface area (Å²) in [6, 6.07) is 13.6. The van der Waals surface area contributed by atoms with Gasteiger partial charge in [-0.05, 0) is 84.7 Å². The number of amides is 2. The van der Waals surface area contributed by atoms with Crippen molar-refractivity contribution in [1.82, 2.24) is 9.80 Å². The molecule has 2 amide bonds. The van der Waals surface area contributed by atoms with Gasteiger partial charge in [0.2, 0.25) is 0 Å². The molecular formula is C29H35FN2O2. The molecule has 3 heterocycles. The van der Waals surface area contributed by atoms with Crippen LogP contribution in [0, 0.1) is 11.2 Å². The van der Waals surface area contributed by atoms with Gasteiger partial charge >= 0.3 is 6.03 Å². The van der Waals surface area contributed by atoms with E-state index in [1.165, 1.54) is 11.1 Å². The van der Waals surface area contributed by atoms with Crippen LogP contribution < -0.4 is 0 Å². The predicted molar refractivity (Wildman–Crippen MR) is 130 cm³/mol. The van der Waals surface area contributed by atoms with Gasteiger partial charge in [0.25, 0.3) is 0 Å². The minimum Gasteiger partial charge on any atom is -0.508 e. The highest BCUT2D eigenvalue weighted by molar-refractivity contribution is 5.77. The van der Waals surface area contributed by atoms with Gasteiger partial charge in [-0.1, -0.05) is 45.0 Å². The summed E-state index contributed by atoms with van der Waals surface area (Å²) >= 11 is 0. The van der Waals surface area contributed by atoms with E-state index in [0.29, 0.717) is 18.1 Å². The number of phenolic OH excluding ortho intramolecular Hbond substituents is 1. The second kappa shape index (κ2) is 7.47. The van der Waals surface area contributed by atoms with E-state index in [1.807, 2.05) is 18.2 Å². The fraction of sp³-hybridized carbons (Fsp3) is 0.552. The van der Waals surface area contributed by atoms with Crippen molar-refractivity contribution in [2.45, 2.75) is 88.8 Å². The molecule has 0 radical (unpaired) electrons. The van der Waals surface area contributed by atoms with Crippen molar-refractivity contribution in [3.05, 3.63) is 65.0 Å². The number of carbonyl (C=O) groups excluding carboxylic acids is 1. The minimum atomic E-state index is -0.195. The third-order valence-corrected chi connectivity index (χ3v) is 10.2. The van der Waals surface area contributed by atoms with Crippen LogP contribution in [0.3, 0.4) is 0 Å². The first-order chi connectivity index (χ1) is 16.2. The highest BCUT2D eigenvalue weighted by atomic mass is 19.1. The Kier molecular flexibility index (Phi) is 4.82. The second-order valence-corrected chi connectivity index (χ2v) is 11.8. The number of piperidine rings is 2. The Morgan fingerprint density at radius 1 is 1.03 bits per heavy atom. The molecular weight excluding hydrogens is 427 g/mol. The average Bonchev–Trinajstić information content (AvgIpc) is 3.06. The van der Waals surface area contributed by atoms with E-state index in [9.17, 15) is 14.3 Å². The molecule has 6 rings (SSSR count). The number of fused-ring (bicyclic) bond motifs is 6. The van der Waals surface area contributed by atoms with Crippen LogP contribution in [0.1, 0.15) is 75.5 Å². The van der Waals surface area contributed by atoms with Crippen molar-refractivity contribution in [3.63, 3.8) is 0 Å². The summed E-state index contributed by atoms with van der Waals surface area (Å²) in [5.74, 6) is 0.555. The monoisotopic (exact) mass is 462 g/mol. The topological polar surface area (TPSA) is 43.8 Å². The van der Waals surface area contributed by atoms with Crippen LogP contribution in [0.2, 0.25) is 0 Å². The fourth-order valence-corrected chi connectivity index (χ4v) is 7.80. The molecule has 34 heavy (non-hydrogen) atoms. The molecule has 1 aliphatic carbocycles. The molecule has 3 fully saturated rings. The van der Waals surface area contributed by atoms with Gasteiger partial charge in [-0.2, -0.15) is 0 Å². The smallest absolute Gasteiger partial charge is 0.320 e. The molecule has 4 bridgehead atoms. The Labute approximate surface area is 201 Å². The van der Waals surface area contributed by atoms with E-state index < -0.39 is 0 Å². The van der Waals surface area contributed by atoms with Gasteiger partial charge in [-0.3, -0.25) is 0 Å². The number of rotatable bonds is 1. The second-order valence-electron chi connectivity index (χ2n) is 11.8. The quantitative estimate of drug-likeness (QED) is 0.567. The van der Waals surface area contributed by atoms with Crippen molar-refractivity contribution >= 4 is 6.03 Å². The van der Waals surface area contributed by atoms with E-state index in [4.69, 9.17) is 0 Å². The summed E-state index contributed by atoms with van der Waals surface area (Å²) in [5.41, 5.74) is 3.30. The van der Waals surface area contributed by atoms with Gasteiger partial charge in [0.1, 0.15) is 11.6 Å². The normalized spacial score (nSPS) is 33.5. The minimum absolute atomic E-state index is 0.0637. The molecule has 180 valence electrons. The summed E-state index contributed by atoms with van der Waals surface area (Å²) < 4.78 is 13.4. The van der Waals surface area contributed by atoms with Crippen LogP contribution in [-0.2, 0) is 11.8 Å². The van der Waals surface area contributed by atoms with Crippen molar-refractivity contribution in [1.29, 1.82) is 0 Å².